The van der Waals surface area contributed by atoms with Crippen molar-refractivity contribution in [3.8, 4) is 5.75 Å². The molecule has 1 aromatic carbocycles. The van der Waals surface area contributed by atoms with Crippen molar-refractivity contribution in [1.82, 2.24) is 5.43 Å². The molecule has 0 unspecified atom stereocenters. The summed E-state index contributed by atoms with van der Waals surface area (Å²) in [6.07, 6.45) is 0. The van der Waals surface area contributed by atoms with E-state index >= 15 is 0 Å². The van der Waals surface area contributed by atoms with Gasteiger partial charge in [0.1, 0.15) is 11.5 Å². The van der Waals surface area contributed by atoms with Gasteiger partial charge in [-0.15, -0.1) is 11.3 Å². The van der Waals surface area contributed by atoms with Crippen molar-refractivity contribution in [3.63, 3.8) is 0 Å². The van der Waals surface area contributed by atoms with Crippen molar-refractivity contribution >= 4 is 22.8 Å². The third-order valence-electron chi connectivity index (χ3n) is 2.59. The highest BCUT2D eigenvalue weighted by Gasteiger charge is 2.13. The Bertz CT molecular complexity index is 573. The van der Waals surface area contributed by atoms with Gasteiger partial charge in [0.2, 0.25) is 0 Å². The lowest BCUT2D eigenvalue weighted by molar-refractivity contribution is 0.415. The third kappa shape index (κ3) is 3.00. The first-order valence-corrected chi connectivity index (χ1v) is 6.66. The molecule has 4 nitrogen and oxygen atoms in total. The summed E-state index contributed by atoms with van der Waals surface area (Å²) in [7, 11) is 3.36. The van der Waals surface area contributed by atoms with Gasteiger partial charge in [0, 0.05) is 12.6 Å². The fourth-order valence-corrected chi connectivity index (χ4v) is 2.34. The van der Waals surface area contributed by atoms with Gasteiger partial charge < -0.3 is 10.2 Å². The van der Waals surface area contributed by atoms with Crippen LogP contribution in [0.4, 0.5) is 0 Å². The van der Waals surface area contributed by atoms with E-state index < -0.39 is 0 Å². The quantitative estimate of drug-likeness (QED) is 0.650. The molecule has 5 heteroatoms. The van der Waals surface area contributed by atoms with E-state index in [-0.39, 0.29) is 0 Å². The summed E-state index contributed by atoms with van der Waals surface area (Å²) >= 11 is 1.53. The fourth-order valence-electron chi connectivity index (χ4n) is 1.66. The summed E-state index contributed by atoms with van der Waals surface area (Å²) in [5.41, 5.74) is 4.67. The molecular weight excluding hydrogens is 258 g/mol. The normalized spacial score (nSPS) is 11.2. The van der Waals surface area contributed by atoms with Crippen molar-refractivity contribution in [1.29, 1.82) is 5.41 Å². The van der Waals surface area contributed by atoms with E-state index in [1.807, 2.05) is 41.8 Å². The van der Waals surface area contributed by atoms with Crippen molar-refractivity contribution in [2.45, 2.75) is 0 Å². The minimum atomic E-state index is 0.412. The molecule has 2 aromatic rings. The van der Waals surface area contributed by atoms with Crippen LogP contribution < -0.4 is 10.2 Å². The lowest BCUT2D eigenvalue weighted by Crippen LogP contribution is -2.18. The average Bonchev–Trinajstić information content (AvgIpc) is 2.98. The number of nitrogens with zero attached hydrogens (tertiary/aromatic N) is 1. The molecular formula is C14H15N3OS. The number of ether oxygens (including phenoxy) is 1. The maximum atomic E-state index is 8.25. The maximum absolute atomic E-state index is 8.25. The molecule has 0 bridgehead atoms. The second kappa shape index (κ2) is 6.15. The first-order valence-electron chi connectivity index (χ1n) is 5.78. The molecule has 0 aliphatic heterocycles. The highest BCUT2D eigenvalue weighted by atomic mass is 32.1. The van der Waals surface area contributed by atoms with Crippen LogP contribution in [0.2, 0.25) is 0 Å². The van der Waals surface area contributed by atoms with E-state index in [1.165, 1.54) is 11.3 Å². The molecule has 1 aromatic heterocycles. The smallest absolute Gasteiger partial charge is 0.118 e. The van der Waals surface area contributed by atoms with Crippen LogP contribution in [0.1, 0.15) is 10.4 Å². The number of hydrogen-bond acceptors (Lipinski definition) is 5. The molecule has 0 atom stereocenters. The number of hydrazone groups is 1. The lowest BCUT2D eigenvalue weighted by Gasteiger charge is -2.08. The predicted octanol–water partition coefficient (Wildman–Crippen LogP) is 2.75. The van der Waals surface area contributed by atoms with Crippen LogP contribution in [-0.4, -0.2) is 25.6 Å². The maximum Gasteiger partial charge on any atom is 0.118 e. The van der Waals surface area contributed by atoms with Gasteiger partial charge in [0.05, 0.1) is 17.7 Å². The zero-order valence-corrected chi connectivity index (χ0v) is 11.6. The van der Waals surface area contributed by atoms with E-state index in [0.29, 0.717) is 11.4 Å². The largest absolute Gasteiger partial charge is 0.497 e. The topological polar surface area (TPSA) is 57.5 Å². The van der Waals surface area contributed by atoms with E-state index in [1.54, 1.807) is 14.2 Å². The molecule has 0 saturated carbocycles. The molecule has 19 heavy (non-hydrogen) atoms. The van der Waals surface area contributed by atoms with Gasteiger partial charge in [0.15, 0.2) is 0 Å². The van der Waals surface area contributed by atoms with E-state index in [9.17, 15) is 0 Å². The molecule has 1 heterocycles. The Morgan fingerprint density at radius 1 is 1.26 bits per heavy atom. The fraction of sp³-hybridized carbons (Fsp3) is 0.143. The number of benzene rings is 1. The molecule has 2 rings (SSSR count). The predicted molar refractivity (Wildman–Crippen MR) is 79.7 cm³/mol. The Balaban J connectivity index is 2.35. The van der Waals surface area contributed by atoms with Crippen LogP contribution in [0.15, 0.2) is 46.9 Å². The van der Waals surface area contributed by atoms with Crippen LogP contribution in [0.3, 0.4) is 0 Å². The lowest BCUT2D eigenvalue weighted by atomic mass is 10.0. The number of rotatable bonds is 5. The van der Waals surface area contributed by atoms with Crippen molar-refractivity contribution in [3.05, 3.63) is 52.2 Å². The van der Waals surface area contributed by atoms with Gasteiger partial charge in [0.25, 0.3) is 0 Å². The second-order valence-corrected chi connectivity index (χ2v) is 4.71. The second-order valence-electron chi connectivity index (χ2n) is 3.76. The van der Waals surface area contributed by atoms with Crippen molar-refractivity contribution in [2.24, 2.45) is 5.10 Å². The molecule has 0 amide bonds. The molecule has 2 N–H and O–H groups in total. The first kappa shape index (κ1) is 13.3. The standard InChI is InChI=1S/C14H15N3OS/c1-16-17-14(13(15)12-4-3-9-19-12)10-5-7-11(18-2)8-6-10/h3-9,15-16H,1-2H3/b15-13?,17-14-. The summed E-state index contributed by atoms with van der Waals surface area (Å²) < 4.78 is 5.13. The highest BCUT2D eigenvalue weighted by molar-refractivity contribution is 7.13. The molecule has 0 radical (unpaired) electrons. The van der Waals surface area contributed by atoms with Crippen LogP contribution >= 0.6 is 11.3 Å². The van der Waals surface area contributed by atoms with Crippen molar-refractivity contribution in [2.75, 3.05) is 14.2 Å². The minimum Gasteiger partial charge on any atom is -0.497 e. The van der Waals surface area contributed by atoms with Crippen LogP contribution in [0.5, 0.6) is 5.75 Å². The number of nitrogens with one attached hydrogen (secondary N) is 2. The van der Waals surface area contributed by atoms with Gasteiger partial charge in [-0.3, -0.25) is 5.41 Å². The monoisotopic (exact) mass is 273 g/mol. The first-order chi connectivity index (χ1) is 9.26. The Labute approximate surface area is 116 Å². The molecule has 0 fully saturated rings. The van der Waals surface area contributed by atoms with Gasteiger partial charge in [-0.1, -0.05) is 6.07 Å². The zero-order chi connectivity index (χ0) is 13.7. The molecule has 0 spiro atoms. The van der Waals surface area contributed by atoms with Gasteiger partial charge in [-0.2, -0.15) is 5.10 Å². The molecule has 98 valence electrons. The zero-order valence-electron chi connectivity index (χ0n) is 10.8. The van der Waals surface area contributed by atoms with E-state index in [4.69, 9.17) is 10.1 Å². The average molecular weight is 273 g/mol. The minimum absolute atomic E-state index is 0.412. The summed E-state index contributed by atoms with van der Waals surface area (Å²) in [6, 6.07) is 11.4. The number of thiophene rings is 1. The Hall–Kier alpha value is -2.14. The van der Waals surface area contributed by atoms with Gasteiger partial charge in [-0.25, -0.2) is 0 Å². The van der Waals surface area contributed by atoms with Crippen molar-refractivity contribution < 1.29 is 4.74 Å². The Kier molecular flexibility index (Phi) is 4.30. The van der Waals surface area contributed by atoms with E-state index in [2.05, 4.69) is 10.5 Å². The molecule has 0 aliphatic carbocycles. The summed E-state index contributed by atoms with van der Waals surface area (Å²) in [4.78, 5) is 0.893. The van der Waals surface area contributed by atoms with Crippen LogP contribution in [0, 0.1) is 5.41 Å². The number of methoxy groups -OCH3 is 1. The molecule has 0 saturated heterocycles. The SMILES string of the molecule is CN/N=C(\C(=N)c1cccs1)c1ccc(OC)cc1. The number of hydrogen-bond donors (Lipinski definition) is 2. The highest BCUT2D eigenvalue weighted by Crippen LogP contribution is 2.16. The summed E-state index contributed by atoms with van der Waals surface area (Å²) in [5, 5.41) is 14.4. The molecule has 0 aliphatic rings. The van der Waals surface area contributed by atoms with E-state index in [0.717, 1.165) is 16.2 Å². The Morgan fingerprint density at radius 3 is 2.53 bits per heavy atom. The Morgan fingerprint density at radius 2 is 2.00 bits per heavy atom. The summed E-state index contributed by atoms with van der Waals surface area (Å²) in [6.45, 7) is 0. The van der Waals surface area contributed by atoms with Crippen LogP contribution in [0.25, 0.3) is 0 Å². The van der Waals surface area contributed by atoms with Gasteiger partial charge >= 0.3 is 0 Å². The van der Waals surface area contributed by atoms with Crippen LogP contribution in [-0.2, 0) is 0 Å². The summed E-state index contributed by atoms with van der Waals surface area (Å²) in [5.74, 6) is 0.787. The third-order valence-corrected chi connectivity index (χ3v) is 3.48. The van der Waals surface area contributed by atoms with Gasteiger partial charge in [-0.05, 0) is 35.7 Å².